The Morgan fingerprint density at radius 1 is 0.720 bits per heavy atom. The molecule has 0 aliphatic carbocycles. The molecule has 0 fully saturated rings. The van der Waals surface area contributed by atoms with Crippen molar-refractivity contribution < 1.29 is 55.2 Å². The Balaban J connectivity index is 1.95. The van der Waals surface area contributed by atoms with Crippen LogP contribution in [-0.4, -0.2) is 49.1 Å². The highest BCUT2D eigenvalue weighted by Crippen LogP contribution is 2.40. The second kappa shape index (κ2) is 19.4. The number of rotatable bonds is 20. The van der Waals surface area contributed by atoms with E-state index in [0.29, 0.717) is 55.6 Å². The fraction of sp³-hybridized carbons (Fsp3) is 0.474. The van der Waals surface area contributed by atoms with Gasteiger partial charge in [-0.15, -0.1) is 0 Å². The van der Waals surface area contributed by atoms with Gasteiger partial charge in [-0.25, -0.2) is 9.59 Å². The summed E-state index contributed by atoms with van der Waals surface area (Å²) in [6.07, 6.45) is -6.23. The molecule has 1 atom stereocenters. The van der Waals surface area contributed by atoms with Crippen LogP contribution in [0.1, 0.15) is 104 Å². The molecule has 0 aliphatic rings. The number of halogens is 6. The number of esters is 1. The maximum absolute atomic E-state index is 14.4. The van der Waals surface area contributed by atoms with E-state index < -0.39 is 47.9 Å². The summed E-state index contributed by atoms with van der Waals surface area (Å²) in [4.78, 5) is 24.3. The van der Waals surface area contributed by atoms with Crippen molar-refractivity contribution in [3.05, 3.63) is 77.4 Å². The zero-order valence-electron chi connectivity index (χ0n) is 28.3. The normalized spacial score (nSPS) is 12.5. The quantitative estimate of drug-likeness (QED) is 0.0714. The number of aromatic carboxylic acids is 1. The van der Waals surface area contributed by atoms with Gasteiger partial charge in [0.2, 0.25) is 0 Å². The Hall–Kier alpha value is -4.06. The number of carbonyl (C=O) groups is 2. The first-order valence-corrected chi connectivity index (χ1v) is 16.9. The second-order valence-electron chi connectivity index (χ2n) is 11.9. The lowest BCUT2D eigenvalue weighted by molar-refractivity contribution is -0.206. The second-order valence-corrected chi connectivity index (χ2v) is 11.9. The van der Waals surface area contributed by atoms with Crippen molar-refractivity contribution in [3.63, 3.8) is 0 Å². The largest absolute Gasteiger partial charge is 0.494 e. The summed E-state index contributed by atoms with van der Waals surface area (Å²) in [7, 11) is 0. The van der Waals surface area contributed by atoms with E-state index in [9.17, 15) is 41.0 Å². The molecule has 0 spiro atoms. The third-order valence-corrected chi connectivity index (χ3v) is 8.13. The summed E-state index contributed by atoms with van der Waals surface area (Å²) in [5, 5.41) is 9.31. The predicted molar refractivity (Wildman–Crippen MR) is 178 cm³/mol. The van der Waals surface area contributed by atoms with Crippen LogP contribution in [0.3, 0.4) is 0 Å². The van der Waals surface area contributed by atoms with E-state index in [4.69, 9.17) is 9.47 Å². The van der Waals surface area contributed by atoms with Crippen LogP contribution in [0.2, 0.25) is 0 Å². The van der Waals surface area contributed by atoms with Crippen molar-refractivity contribution in [2.24, 2.45) is 0 Å². The molecule has 3 aromatic rings. The van der Waals surface area contributed by atoms with E-state index in [1.807, 2.05) is 0 Å². The van der Waals surface area contributed by atoms with Crippen LogP contribution >= 0.6 is 0 Å². The summed E-state index contributed by atoms with van der Waals surface area (Å²) < 4.78 is 100. The number of hydrogen-bond donors (Lipinski definition) is 1. The van der Waals surface area contributed by atoms with Gasteiger partial charge in [0.25, 0.3) is 0 Å². The minimum atomic E-state index is -5.12. The van der Waals surface area contributed by atoms with Gasteiger partial charge in [-0.1, -0.05) is 69.7 Å². The SMILES string of the molecule is CCCCCCCCOc1ccc(-c2ccc(C(=O)O)cc2)c(-c2ccc(C(=O)OC(CCCCCOCC)C(F)(F)F)c(C(F)(F)F)c2)c1. The molecular weight excluding hydrogens is 666 g/mol. The van der Waals surface area contributed by atoms with Crippen LogP contribution in [0.5, 0.6) is 5.75 Å². The van der Waals surface area contributed by atoms with Crippen molar-refractivity contribution in [2.45, 2.75) is 96.5 Å². The Morgan fingerprint density at radius 3 is 2.00 bits per heavy atom. The average Bonchev–Trinajstić information content (AvgIpc) is 3.07. The molecule has 0 aliphatic heterocycles. The number of unbranched alkanes of at least 4 members (excludes halogenated alkanes) is 7. The van der Waals surface area contributed by atoms with Gasteiger partial charge in [-0.3, -0.25) is 0 Å². The summed E-state index contributed by atoms with van der Waals surface area (Å²) in [5.41, 5.74) is -1.26. The average molecular weight is 711 g/mol. The van der Waals surface area contributed by atoms with Crippen LogP contribution in [0.25, 0.3) is 22.3 Å². The van der Waals surface area contributed by atoms with Crippen LogP contribution < -0.4 is 4.74 Å². The highest BCUT2D eigenvalue weighted by molar-refractivity contribution is 5.94. The van der Waals surface area contributed by atoms with Crippen molar-refractivity contribution in [3.8, 4) is 28.0 Å². The molecule has 0 heterocycles. The van der Waals surface area contributed by atoms with Crippen molar-refractivity contribution >= 4 is 11.9 Å². The summed E-state index contributed by atoms with van der Waals surface area (Å²) in [6, 6.07) is 13.3. The van der Waals surface area contributed by atoms with Gasteiger partial charge in [0, 0.05) is 13.2 Å². The molecule has 0 bridgehead atoms. The van der Waals surface area contributed by atoms with Crippen LogP contribution in [0, 0.1) is 0 Å². The number of carboxylic acid groups (broad SMARTS) is 1. The first-order chi connectivity index (χ1) is 23.8. The highest BCUT2D eigenvalue weighted by atomic mass is 19.4. The highest BCUT2D eigenvalue weighted by Gasteiger charge is 2.44. The summed E-state index contributed by atoms with van der Waals surface area (Å²) >= 11 is 0. The van der Waals surface area contributed by atoms with Gasteiger partial charge in [0.05, 0.1) is 23.3 Å². The van der Waals surface area contributed by atoms with Gasteiger partial charge in [-0.05, 0) is 91.3 Å². The fourth-order valence-electron chi connectivity index (χ4n) is 5.43. The third-order valence-electron chi connectivity index (χ3n) is 8.13. The lowest BCUT2D eigenvalue weighted by Crippen LogP contribution is -2.34. The molecule has 1 N–H and O–H groups in total. The van der Waals surface area contributed by atoms with E-state index >= 15 is 0 Å². The molecular formula is C38H44F6O6. The van der Waals surface area contributed by atoms with Crippen LogP contribution in [-0.2, 0) is 15.7 Å². The lowest BCUT2D eigenvalue weighted by atomic mass is 9.91. The molecule has 0 radical (unpaired) electrons. The third kappa shape index (κ3) is 12.4. The first kappa shape index (κ1) is 40.4. The van der Waals surface area contributed by atoms with E-state index in [2.05, 4.69) is 11.7 Å². The smallest absolute Gasteiger partial charge is 0.425 e. The van der Waals surface area contributed by atoms with E-state index in [-0.39, 0.29) is 23.1 Å². The van der Waals surface area contributed by atoms with Crippen LogP contribution in [0.15, 0.2) is 60.7 Å². The summed E-state index contributed by atoms with van der Waals surface area (Å²) in [5.74, 6) is -2.51. The monoisotopic (exact) mass is 710 g/mol. The van der Waals surface area contributed by atoms with E-state index in [0.717, 1.165) is 44.6 Å². The van der Waals surface area contributed by atoms with Crippen molar-refractivity contribution in [1.82, 2.24) is 0 Å². The van der Waals surface area contributed by atoms with Gasteiger partial charge in [0.1, 0.15) is 5.75 Å². The van der Waals surface area contributed by atoms with E-state index in [1.54, 1.807) is 25.1 Å². The van der Waals surface area contributed by atoms with Crippen LogP contribution in [0.4, 0.5) is 26.3 Å². The molecule has 50 heavy (non-hydrogen) atoms. The molecule has 12 heteroatoms. The number of carbonyl (C=O) groups excluding carboxylic acids is 1. The Bertz CT molecular complexity index is 1520. The fourth-order valence-corrected chi connectivity index (χ4v) is 5.43. The topological polar surface area (TPSA) is 82.1 Å². The van der Waals surface area contributed by atoms with Gasteiger partial charge >= 0.3 is 24.3 Å². The molecule has 0 saturated heterocycles. The molecule has 1 unspecified atom stereocenters. The molecule has 6 nitrogen and oxygen atoms in total. The molecule has 3 aromatic carbocycles. The van der Waals surface area contributed by atoms with Gasteiger partial charge in [-0.2, -0.15) is 26.3 Å². The molecule has 0 saturated carbocycles. The molecule has 3 rings (SSSR count). The maximum Gasteiger partial charge on any atom is 0.425 e. The lowest BCUT2D eigenvalue weighted by Gasteiger charge is -2.22. The minimum absolute atomic E-state index is 0.0119. The first-order valence-electron chi connectivity index (χ1n) is 16.9. The maximum atomic E-state index is 14.4. The van der Waals surface area contributed by atoms with Crippen molar-refractivity contribution in [2.75, 3.05) is 19.8 Å². The predicted octanol–water partition coefficient (Wildman–Crippen LogP) is 11.2. The summed E-state index contributed by atoms with van der Waals surface area (Å²) in [6.45, 7) is 5.11. The molecule has 0 amide bonds. The minimum Gasteiger partial charge on any atom is -0.494 e. The Kier molecular flexibility index (Phi) is 15.6. The zero-order chi connectivity index (χ0) is 36.7. The number of alkyl halides is 6. The van der Waals surface area contributed by atoms with Gasteiger partial charge in [0.15, 0.2) is 6.10 Å². The van der Waals surface area contributed by atoms with Crippen molar-refractivity contribution in [1.29, 1.82) is 0 Å². The number of benzene rings is 3. The molecule has 274 valence electrons. The molecule has 0 aromatic heterocycles. The number of carboxylic acids is 1. The number of hydrogen-bond acceptors (Lipinski definition) is 5. The standard InChI is InChI=1S/C38H44F6O6/c1-3-5-6-7-8-12-23-49-29-19-21-30(26-14-16-27(17-15-26)35(45)46)32(25-29)28-18-20-31(33(24-28)37(39,40)41)36(47)50-34(38(42,43)44)13-10-9-11-22-48-4-2/h14-21,24-25,34H,3-13,22-23H2,1-2H3,(H,45,46). The zero-order valence-corrected chi connectivity index (χ0v) is 28.3. The van der Waals surface area contributed by atoms with E-state index in [1.165, 1.54) is 30.3 Å². The number of ether oxygens (including phenoxy) is 3. The Morgan fingerprint density at radius 2 is 1.36 bits per heavy atom. The Labute approximate surface area is 288 Å². The van der Waals surface area contributed by atoms with Gasteiger partial charge < -0.3 is 19.3 Å².